The fourth-order valence-electron chi connectivity index (χ4n) is 3.64. The Kier molecular flexibility index (Phi) is 7.87. The lowest BCUT2D eigenvalue weighted by Gasteiger charge is -2.15. The predicted molar refractivity (Wildman–Crippen MR) is 155 cm³/mol. The molecule has 0 spiro atoms. The van der Waals surface area contributed by atoms with E-state index in [1.165, 1.54) is 11.8 Å². The molecule has 0 atom stereocenters. The second kappa shape index (κ2) is 11.4. The van der Waals surface area contributed by atoms with Crippen LogP contribution in [0.2, 0.25) is 15.1 Å². The van der Waals surface area contributed by atoms with Crippen LogP contribution in [0.15, 0.2) is 107 Å². The number of rotatable bonds is 6. The fraction of sp³-hybridized carbons (Fsp3) is 0.0345. The van der Waals surface area contributed by atoms with Gasteiger partial charge in [-0.05, 0) is 71.9 Å². The lowest BCUT2D eigenvalue weighted by atomic mass is 10.2. The van der Waals surface area contributed by atoms with Crippen LogP contribution >= 0.6 is 46.6 Å². The number of carbonyl (C=O) groups excluding carboxylic acids is 1. The van der Waals surface area contributed by atoms with Gasteiger partial charge in [-0.2, -0.15) is 0 Å². The normalized spacial score (nSPS) is 15.5. The van der Waals surface area contributed by atoms with E-state index in [2.05, 4.69) is 0 Å². The van der Waals surface area contributed by atoms with E-state index in [9.17, 15) is 4.79 Å². The van der Waals surface area contributed by atoms with Crippen molar-refractivity contribution in [3.8, 4) is 5.75 Å². The van der Waals surface area contributed by atoms with Crippen LogP contribution in [0.1, 0.15) is 11.1 Å². The smallest absolute Gasteiger partial charge is 0.271 e. The Hall–Kier alpha value is -3.22. The predicted octanol–water partition coefficient (Wildman–Crippen LogP) is 9.03. The Labute approximate surface area is 234 Å². The molecular formula is C29H19Cl3N2O2S. The van der Waals surface area contributed by atoms with Gasteiger partial charge in [-0.1, -0.05) is 83.3 Å². The molecule has 0 aromatic heterocycles. The molecule has 0 unspecified atom stereocenters. The number of aliphatic imine (C=N–C) groups is 1. The number of para-hydroxylation sites is 2. The molecule has 5 rings (SSSR count). The van der Waals surface area contributed by atoms with Gasteiger partial charge in [-0.3, -0.25) is 9.69 Å². The first-order valence-corrected chi connectivity index (χ1v) is 13.2. The average molecular weight is 566 g/mol. The fourth-order valence-corrected chi connectivity index (χ4v) is 5.34. The van der Waals surface area contributed by atoms with Crippen molar-refractivity contribution in [3.05, 3.63) is 128 Å². The molecule has 1 saturated heterocycles. The maximum Gasteiger partial charge on any atom is 0.271 e. The van der Waals surface area contributed by atoms with Gasteiger partial charge in [-0.15, -0.1) is 0 Å². The SMILES string of the molecule is O=C1/C(=C\c2ccc(OCc3ccc(Cl)cc3Cl)c(Cl)c2)SC(=Nc2ccccc2)N1c1ccccc1. The number of ether oxygens (including phenoxy) is 1. The summed E-state index contributed by atoms with van der Waals surface area (Å²) >= 11 is 20.0. The van der Waals surface area contributed by atoms with Crippen LogP contribution in [-0.4, -0.2) is 11.1 Å². The zero-order valence-electron chi connectivity index (χ0n) is 19.3. The summed E-state index contributed by atoms with van der Waals surface area (Å²) < 4.78 is 5.87. The number of benzene rings is 4. The summed E-state index contributed by atoms with van der Waals surface area (Å²) in [5.74, 6) is 0.359. The minimum atomic E-state index is -0.153. The number of amides is 1. The highest BCUT2D eigenvalue weighted by molar-refractivity contribution is 8.19. The van der Waals surface area contributed by atoms with E-state index in [4.69, 9.17) is 44.5 Å². The summed E-state index contributed by atoms with van der Waals surface area (Å²) in [4.78, 5) is 20.4. The number of anilines is 1. The summed E-state index contributed by atoms with van der Waals surface area (Å²) in [6.45, 7) is 0.246. The third-order valence-corrected chi connectivity index (χ3v) is 7.30. The highest BCUT2D eigenvalue weighted by Crippen LogP contribution is 2.38. The van der Waals surface area contributed by atoms with Crippen LogP contribution in [0, 0.1) is 0 Å². The van der Waals surface area contributed by atoms with Crippen molar-refractivity contribution < 1.29 is 9.53 Å². The lowest BCUT2D eigenvalue weighted by molar-refractivity contribution is -0.113. The van der Waals surface area contributed by atoms with Crippen molar-refractivity contribution in [2.75, 3.05) is 4.90 Å². The molecule has 1 aliphatic rings. The summed E-state index contributed by atoms with van der Waals surface area (Å²) in [6, 6.07) is 29.7. The van der Waals surface area contributed by atoms with Gasteiger partial charge < -0.3 is 4.74 Å². The monoisotopic (exact) mass is 564 g/mol. The first kappa shape index (κ1) is 25.4. The molecule has 0 N–H and O–H groups in total. The quantitative estimate of drug-likeness (QED) is 0.219. The van der Waals surface area contributed by atoms with Gasteiger partial charge in [0, 0.05) is 15.6 Å². The molecule has 0 aliphatic carbocycles. The van der Waals surface area contributed by atoms with Crippen LogP contribution < -0.4 is 9.64 Å². The molecule has 4 aromatic carbocycles. The molecule has 37 heavy (non-hydrogen) atoms. The molecule has 0 saturated carbocycles. The van der Waals surface area contributed by atoms with Crippen molar-refractivity contribution >= 4 is 75.1 Å². The highest BCUT2D eigenvalue weighted by atomic mass is 35.5. The van der Waals surface area contributed by atoms with E-state index in [0.29, 0.717) is 30.9 Å². The Morgan fingerprint density at radius 3 is 2.27 bits per heavy atom. The van der Waals surface area contributed by atoms with E-state index in [1.807, 2.05) is 78.9 Å². The maximum absolute atomic E-state index is 13.5. The van der Waals surface area contributed by atoms with Gasteiger partial charge in [0.2, 0.25) is 0 Å². The zero-order valence-corrected chi connectivity index (χ0v) is 22.4. The summed E-state index contributed by atoms with van der Waals surface area (Å²) in [6.07, 6.45) is 1.81. The van der Waals surface area contributed by atoms with Gasteiger partial charge in [-0.25, -0.2) is 4.99 Å². The second-order valence-electron chi connectivity index (χ2n) is 8.03. The van der Waals surface area contributed by atoms with E-state index < -0.39 is 0 Å². The Bertz CT molecular complexity index is 1510. The number of carbonyl (C=O) groups is 1. The lowest BCUT2D eigenvalue weighted by Crippen LogP contribution is -2.28. The minimum Gasteiger partial charge on any atom is -0.487 e. The molecule has 1 heterocycles. The van der Waals surface area contributed by atoms with Crippen LogP contribution in [0.3, 0.4) is 0 Å². The summed E-state index contributed by atoms with van der Waals surface area (Å²) in [5, 5.41) is 2.09. The topological polar surface area (TPSA) is 41.9 Å². The van der Waals surface area contributed by atoms with Gasteiger partial charge >= 0.3 is 0 Å². The third kappa shape index (κ3) is 6.03. The highest BCUT2D eigenvalue weighted by Gasteiger charge is 2.34. The first-order chi connectivity index (χ1) is 18.0. The molecule has 184 valence electrons. The number of hydrogen-bond donors (Lipinski definition) is 0. The summed E-state index contributed by atoms with van der Waals surface area (Å²) in [5.41, 5.74) is 3.09. The van der Waals surface area contributed by atoms with Gasteiger partial charge in [0.15, 0.2) is 5.17 Å². The molecule has 4 nitrogen and oxygen atoms in total. The molecule has 1 amide bonds. The van der Waals surface area contributed by atoms with Crippen molar-refractivity contribution in [2.45, 2.75) is 6.61 Å². The summed E-state index contributed by atoms with van der Waals surface area (Å²) in [7, 11) is 0. The zero-order chi connectivity index (χ0) is 25.8. The maximum atomic E-state index is 13.5. The van der Waals surface area contributed by atoms with E-state index in [-0.39, 0.29) is 12.5 Å². The molecule has 1 fully saturated rings. The van der Waals surface area contributed by atoms with E-state index in [1.54, 1.807) is 29.2 Å². The Morgan fingerprint density at radius 1 is 0.838 bits per heavy atom. The number of halogens is 3. The van der Waals surface area contributed by atoms with Crippen LogP contribution in [0.4, 0.5) is 11.4 Å². The molecule has 0 bridgehead atoms. The Morgan fingerprint density at radius 2 is 1.57 bits per heavy atom. The van der Waals surface area contributed by atoms with E-state index in [0.717, 1.165) is 22.5 Å². The second-order valence-corrected chi connectivity index (χ2v) is 10.3. The van der Waals surface area contributed by atoms with Crippen molar-refractivity contribution in [1.29, 1.82) is 0 Å². The minimum absolute atomic E-state index is 0.153. The van der Waals surface area contributed by atoms with Gasteiger partial charge in [0.25, 0.3) is 5.91 Å². The van der Waals surface area contributed by atoms with Crippen molar-refractivity contribution in [3.63, 3.8) is 0 Å². The van der Waals surface area contributed by atoms with Crippen LogP contribution in [-0.2, 0) is 11.4 Å². The number of thioether (sulfide) groups is 1. The number of hydrogen-bond acceptors (Lipinski definition) is 4. The third-order valence-electron chi connectivity index (χ3n) is 5.45. The average Bonchev–Trinajstić information content (AvgIpc) is 3.19. The standard InChI is InChI=1S/C29H19Cl3N2O2S/c30-21-13-12-20(24(31)17-21)18-36-26-14-11-19(15-25(26)32)16-27-28(35)34(23-9-5-2-6-10-23)29(37-27)33-22-7-3-1-4-8-22/h1-17H,18H2/b27-16+,33-29?. The largest absolute Gasteiger partial charge is 0.487 e. The molecule has 8 heteroatoms. The van der Waals surface area contributed by atoms with E-state index >= 15 is 0 Å². The van der Waals surface area contributed by atoms with Gasteiger partial charge in [0.1, 0.15) is 12.4 Å². The van der Waals surface area contributed by atoms with Crippen molar-refractivity contribution in [1.82, 2.24) is 0 Å². The first-order valence-electron chi connectivity index (χ1n) is 11.3. The Balaban J connectivity index is 1.40. The molecule has 0 radical (unpaired) electrons. The van der Waals surface area contributed by atoms with Crippen LogP contribution in [0.5, 0.6) is 5.75 Å². The number of nitrogens with zero attached hydrogens (tertiary/aromatic N) is 2. The van der Waals surface area contributed by atoms with Gasteiger partial charge in [0.05, 0.1) is 21.3 Å². The van der Waals surface area contributed by atoms with Crippen LogP contribution in [0.25, 0.3) is 6.08 Å². The molecular weight excluding hydrogens is 547 g/mol. The molecule has 4 aromatic rings. The number of amidine groups is 1. The van der Waals surface area contributed by atoms with Crippen molar-refractivity contribution in [2.24, 2.45) is 4.99 Å². The molecule has 1 aliphatic heterocycles.